The Labute approximate surface area is 141 Å². The highest BCUT2D eigenvalue weighted by molar-refractivity contribution is 5.74. The first kappa shape index (κ1) is 17.0. The van der Waals surface area contributed by atoms with Crippen LogP contribution in [-0.4, -0.2) is 47.4 Å². The molecular formula is C18H25FN2O3. The van der Waals surface area contributed by atoms with Gasteiger partial charge >= 0.3 is 6.03 Å². The van der Waals surface area contributed by atoms with Crippen molar-refractivity contribution in [3.8, 4) is 5.75 Å². The summed E-state index contributed by atoms with van der Waals surface area (Å²) in [6.07, 6.45) is 4.48. The molecule has 0 atom stereocenters. The van der Waals surface area contributed by atoms with Gasteiger partial charge in [0.05, 0.1) is 6.10 Å². The van der Waals surface area contributed by atoms with Crippen molar-refractivity contribution in [2.45, 2.75) is 56.8 Å². The molecule has 3 rings (SSSR count). The SMILES string of the molecule is O=C(NC1CCC(O)CC1)N1CCC(Oc2cccc(F)c2)CC1. The number of ether oxygens (including phenoxy) is 1. The van der Waals surface area contributed by atoms with E-state index >= 15 is 0 Å². The summed E-state index contributed by atoms with van der Waals surface area (Å²) in [6.45, 7) is 1.28. The Balaban J connectivity index is 1.42. The van der Waals surface area contributed by atoms with Gasteiger partial charge in [-0.3, -0.25) is 0 Å². The number of carbonyl (C=O) groups is 1. The summed E-state index contributed by atoms with van der Waals surface area (Å²) in [5, 5.41) is 12.6. The summed E-state index contributed by atoms with van der Waals surface area (Å²) in [7, 11) is 0. The van der Waals surface area contributed by atoms with E-state index in [-0.39, 0.29) is 30.1 Å². The highest BCUT2D eigenvalue weighted by atomic mass is 19.1. The molecule has 1 saturated carbocycles. The molecule has 0 aromatic heterocycles. The second-order valence-corrected chi connectivity index (χ2v) is 6.72. The Morgan fingerprint density at radius 2 is 1.88 bits per heavy atom. The largest absolute Gasteiger partial charge is 0.490 e. The minimum atomic E-state index is -0.304. The topological polar surface area (TPSA) is 61.8 Å². The van der Waals surface area contributed by atoms with Crippen LogP contribution in [0.4, 0.5) is 9.18 Å². The van der Waals surface area contributed by atoms with E-state index in [2.05, 4.69) is 5.32 Å². The molecule has 2 fully saturated rings. The van der Waals surface area contributed by atoms with Crippen molar-refractivity contribution in [3.63, 3.8) is 0 Å². The van der Waals surface area contributed by atoms with Crippen molar-refractivity contribution < 1.29 is 19.0 Å². The van der Waals surface area contributed by atoms with Crippen LogP contribution in [-0.2, 0) is 0 Å². The van der Waals surface area contributed by atoms with Gasteiger partial charge in [-0.2, -0.15) is 0 Å². The number of likely N-dealkylation sites (tertiary alicyclic amines) is 1. The second-order valence-electron chi connectivity index (χ2n) is 6.72. The van der Waals surface area contributed by atoms with E-state index in [4.69, 9.17) is 4.74 Å². The lowest BCUT2D eigenvalue weighted by molar-refractivity contribution is 0.100. The smallest absolute Gasteiger partial charge is 0.317 e. The van der Waals surface area contributed by atoms with Gasteiger partial charge in [-0.05, 0) is 37.8 Å². The monoisotopic (exact) mass is 336 g/mol. The fraction of sp³-hybridized carbons (Fsp3) is 0.611. The number of piperidine rings is 1. The highest BCUT2D eigenvalue weighted by Crippen LogP contribution is 2.21. The van der Waals surface area contributed by atoms with Gasteiger partial charge in [0.25, 0.3) is 0 Å². The fourth-order valence-electron chi connectivity index (χ4n) is 3.40. The quantitative estimate of drug-likeness (QED) is 0.892. The minimum Gasteiger partial charge on any atom is -0.490 e. The predicted molar refractivity (Wildman–Crippen MR) is 88.4 cm³/mol. The summed E-state index contributed by atoms with van der Waals surface area (Å²) < 4.78 is 19.0. The molecule has 1 saturated heterocycles. The molecule has 5 nitrogen and oxygen atoms in total. The van der Waals surface area contributed by atoms with Gasteiger partial charge in [-0.1, -0.05) is 6.07 Å². The summed E-state index contributed by atoms with van der Waals surface area (Å²) in [4.78, 5) is 14.1. The van der Waals surface area contributed by atoms with Crippen LogP contribution in [0.25, 0.3) is 0 Å². The van der Waals surface area contributed by atoms with Crippen molar-refractivity contribution in [2.24, 2.45) is 0 Å². The Hall–Kier alpha value is -1.82. The zero-order valence-electron chi connectivity index (χ0n) is 13.8. The summed E-state index contributed by atoms with van der Waals surface area (Å²) >= 11 is 0. The number of halogens is 1. The van der Waals surface area contributed by atoms with Crippen molar-refractivity contribution in [1.29, 1.82) is 0 Å². The Bertz CT molecular complexity index is 553. The first-order chi connectivity index (χ1) is 11.6. The fourth-order valence-corrected chi connectivity index (χ4v) is 3.40. The maximum atomic E-state index is 13.2. The van der Waals surface area contributed by atoms with Crippen molar-refractivity contribution >= 4 is 6.03 Å². The molecular weight excluding hydrogens is 311 g/mol. The number of hydrogen-bond acceptors (Lipinski definition) is 3. The molecule has 24 heavy (non-hydrogen) atoms. The number of aliphatic hydroxyl groups excluding tert-OH is 1. The molecule has 0 unspecified atom stereocenters. The van der Waals surface area contributed by atoms with Gasteiger partial charge in [0.1, 0.15) is 17.7 Å². The Kier molecular flexibility index (Phi) is 5.56. The lowest BCUT2D eigenvalue weighted by Gasteiger charge is -2.34. The van der Waals surface area contributed by atoms with Crippen LogP contribution in [0.5, 0.6) is 5.75 Å². The number of urea groups is 1. The number of nitrogens with zero attached hydrogens (tertiary/aromatic N) is 1. The molecule has 1 aromatic carbocycles. The number of aliphatic hydroxyl groups is 1. The van der Waals surface area contributed by atoms with Crippen molar-refractivity contribution in [2.75, 3.05) is 13.1 Å². The molecule has 1 heterocycles. The second kappa shape index (κ2) is 7.83. The molecule has 1 aliphatic heterocycles. The molecule has 1 aliphatic carbocycles. The molecule has 0 spiro atoms. The van der Waals surface area contributed by atoms with Crippen LogP contribution in [0, 0.1) is 5.82 Å². The number of benzene rings is 1. The van der Waals surface area contributed by atoms with Gasteiger partial charge in [-0.15, -0.1) is 0 Å². The zero-order valence-corrected chi connectivity index (χ0v) is 13.8. The first-order valence-electron chi connectivity index (χ1n) is 8.76. The Morgan fingerprint density at radius 3 is 2.54 bits per heavy atom. The Morgan fingerprint density at radius 1 is 1.17 bits per heavy atom. The van der Waals surface area contributed by atoms with Gasteiger partial charge < -0.3 is 20.1 Å². The third-order valence-electron chi connectivity index (χ3n) is 4.85. The maximum absolute atomic E-state index is 13.2. The van der Waals surface area contributed by atoms with Crippen LogP contribution in [0.15, 0.2) is 24.3 Å². The maximum Gasteiger partial charge on any atom is 0.317 e. The number of rotatable bonds is 3. The molecule has 0 bridgehead atoms. The molecule has 0 radical (unpaired) electrons. The van der Waals surface area contributed by atoms with Gasteiger partial charge in [0, 0.05) is 38.0 Å². The first-order valence-corrected chi connectivity index (χ1v) is 8.76. The van der Waals surface area contributed by atoms with Crippen LogP contribution in [0.3, 0.4) is 0 Å². The number of amides is 2. The molecule has 1 aromatic rings. The summed E-state index contributed by atoms with van der Waals surface area (Å²) in [5.74, 6) is 0.237. The molecule has 2 N–H and O–H groups in total. The average molecular weight is 336 g/mol. The summed E-state index contributed by atoms with van der Waals surface area (Å²) in [6, 6.07) is 6.30. The van der Waals surface area contributed by atoms with E-state index in [0.717, 1.165) is 38.5 Å². The van der Waals surface area contributed by atoms with E-state index in [1.165, 1.54) is 12.1 Å². The molecule has 132 valence electrons. The van der Waals surface area contributed by atoms with Crippen LogP contribution in [0.1, 0.15) is 38.5 Å². The molecule has 6 heteroatoms. The average Bonchev–Trinajstić information content (AvgIpc) is 2.57. The number of hydrogen-bond donors (Lipinski definition) is 2. The van der Waals surface area contributed by atoms with Crippen LogP contribution in [0.2, 0.25) is 0 Å². The third kappa shape index (κ3) is 4.60. The summed E-state index contributed by atoms with van der Waals surface area (Å²) in [5.41, 5.74) is 0. The van der Waals surface area contributed by atoms with E-state index in [0.29, 0.717) is 18.8 Å². The van der Waals surface area contributed by atoms with E-state index < -0.39 is 0 Å². The normalized spacial score (nSPS) is 25.3. The van der Waals surface area contributed by atoms with Gasteiger partial charge in [0.15, 0.2) is 0 Å². The van der Waals surface area contributed by atoms with E-state index in [1.807, 2.05) is 4.90 Å². The van der Waals surface area contributed by atoms with Gasteiger partial charge in [-0.25, -0.2) is 9.18 Å². The van der Waals surface area contributed by atoms with Crippen LogP contribution < -0.4 is 10.1 Å². The number of nitrogens with one attached hydrogen (secondary N) is 1. The predicted octanol–water partition coefficient (Wildman–Crippen LogP) is 2.68. The standard InChI is InChI=1S/C18H25FN2O3/c19-13-2-1-3-17(12-13)24-16-8-10-21(11-9-16)18(23)20-14-4-6-15(22)7-5-14/h1-3,12,14-16,22H,4-11H2,(H,20,23). The molecule has 2 amide bonds. The lowest BCUT2D eigenvalue weighted by Crippen LogP contribution is -2.50. The number of carbonyl (C=O) groups excluding carboxylic acids is 1. The zero-order chi connectivity index (χ0) is 16.9. The lowest BCUT2D eigenvalue weighted by atomic mass is 9.93. The molecule has 2 aliphatic rings. The minimum absolute atomic E-state index is 0.0145. The van der Waals surface area contributed by atoms with Crippen molar-refractivity contribution in [3.05, 3.63) is 30.1 Å². The highest BCUT2D eigenvalue weighted by Gasteiger charge is 2.27. The van der Waals surface area contributed by atoms with E-state index in [9.17, 15) is 14.3 Å². The van der Waals surface area contributed by atoms with E-state index in [1.54, 1.807) is 12.1 Å². The van der Waals surface area contributed by atoms with Gasteiger partial charge in [0.2, 0.25) is 0 Å². The third-order valence-corrected chi connectivity index (χ3v) is 4.85. The van der Waals surface area contributed by atoms with Crippen LogP contribution >= 0.6 is 0 Å². The van der Waals surface area contributed by atoms with Crippen molar-refractivity contribution in [1.82, 2.24) is 10.2 Å².